The summed E-state index contributed by atoms with van der Waals surface area (Å²) in [6, 6.07) is 3.86. The lowest BCUT2D eigenvalue weighted by Crippen LogP contribution is -2.11. The molecule has 0 amide bonds. The number of aromatic amines is 1. The van der Waals surface area contributed by atoms with E-state index in [1.165, 1.54) is 0 Å². The summed E-state index contributed by atoms with van der Waals surface area (Å²) in [5, 5.41) is 0. The summed E-state index contributed by atoms with van der Waals surface area (Å²) in [5.41, 5.74) is 3.63. The smallest absolute Gasteiger partial charge is 0.251 e. The van der Waals surface area contributed by atoms with Gasteiger partial charge in [-0.3, -0.25) is 9.78 Å². The van der Waals surface area contributed by atoms with Crippen LogP contribution in [0.2, 0.25) is 0 Å². The second-order valence-corrected chi connectivity index (χ2v) is 3.61. The Morgan fingerprint density at radius 1 is 1.18 bits per heavy atom. The van der Waals surface area contributed by atoms with Gasteiger partial charge in [0.05, 0.1) is 11.0 Å². The molecule has 0 saturated carbocycles. The van der Waals surface area contributed by atoms with Crippen molar-refractivity contribution in [1.29, 1.82) is 0 Å². The molecule has 2 heterocycles. The van der Waals surface area contributed by atoms with Crippen LogP contribution in [0.3, 0.4) is 0 Å². The maximum atomic E-state index is 11.6. The lowest BCUT2D eigenvalue weighted by molar-refractivity contribution is 1.06. The zero-order valence-corrected chi connectivity index (χ0v) is 11.0. The molecule has 0 saturated heterocycles. The van der Waals surface area contributed by atoms with Gasteiger partial charge in [-0.25, -0.2) is 0 Å². The summed E-state index contributed by atoms with van der Waals surface area (Å²) in [7, 11) is 0. The van der Waals surface area contributed by atoms with Crippen molar-refractivity contribution < 1.29 is 0 Å². The van der Waals surface area contributed by atoms with Crippen LogP contribution in [0.25, 0.3) is 11.0 Å². The molecule has 0 aromatic carbocycles. The highest BCUT2D eigenvalue weighted by molar-refractivity contribution is 5.74. The monoisotopic (exact) mass is 232 g/mol. The molecule has 0 atom stereocenters. The third-order valence-electron chi connectivity index (χ3n) is 2.62. The molecule has 2 aromatic rings. The fraction of sp³-hybridized carbons (Fsp3) is 0.429. The molecule has 0 fully saturated rings. The highest BCUT2D eigenvalue weighted by Crippen LogP contribution is 2.10. The van der Waals surface area contributed by atoms with Crippen LogP contribution in [-0.4, -0.2) is 9.97 Å². The molecular weight excluding hydrogens is 212 g/mol. The number of aromatic nitrogens is 2. The topological polar surface area (TPSA) is 45.8 Å². The average Bonchev–Trinajstić information content (AvgIpc) is 2.39. The molecular formula is C14H20N2O. The Morgan fingerprint density at radius 3 is 2.47 bits per heavy atom. The normalized spacial score (nSPS) is 9.88. The minimum Gasteiger partial charge on any atom is -0.320 e. The Balaban J connectivity index is 0.000000686. The van der Waals surface area contributed by atoms with Crippen molar-refractivity contribution in [2.45, 2.75) is 40.5 Å². The molecule has 1 N–H and O–H groups in total. The third kappa shape index (κ3) is 2.93. The number of hydrogen-bond acceptors (Lipinski definition) is 2. The first-order valence-electron chi connectivity index (χ1n) is 6.25. The van der Waals surface area contributed by atoms with Gasteiger partial charge in [0, 0.05) is 11.8 Å². The predicted octanol–water partition coefficient (Wildman–Crippen LogP) is 3.07. The highest BCUT2D eigenvalue weighted by Gasteiger charge is 2.02. The molecule has 0 unspecified atom stereocenters. The number of H-pyrrole nitrogens is 1. The minimum atomic E-state index is 0.0000491. The van der Waals surface area contributed by atoms with Crippen LogP contribution >= 0.6 is 0 Å². The number of nitrogens with one attached hydrogen (secondary N) is 1. The fourth-order valence-electron chi connectivity index (χ4n) is 1.62. The van der Waals surface area contributed by atoms with Crippen LogP contribution in [0.4, 0.5) is 0 Å². The molecule has 17 heavy (non-hydrogen) atoms. The molecule has 0 aliphatic carbocycles. The molecule has 0 bridgehead atoms. The van der Waals surface area contributed by atoms with Gasteiger partial charge in [-0.15, -0.1) is 0 Å². The number of hydrogen-bond donors (Lipinski definition) is 1. The minimum absolute atomic E-state index is 0.0000491. The predicted molar refractivity (Wildman–Crippen MR) is 72.5 cm³/mol. The van der Waals surface area contributed by atoms with E-state index in [9.17, 15) is 4.79 Å². The number of fused-ring (bicyclic) bond motifs is 1. The van der Waals surface area contributed by atoms with E-state index in [-0.39, 0.29) is 5.56 Å². The second kappa shape index (κ2) is 6.18. The van der Waals surface area contributed by atoms with Crippen LogP contribution in [0, 0.1) is 0 Å². The van der Waals surface area contributed by atoms with E-state index < -0.39 is 0 Å². The van der Waals surface area contributed by atoms with Gasteiger partial charge in [0.25, 0.3) is 5.56 Å². The van der Waals surface area contributed by atoms with Gasteiger partial charge in [-0.05, 0) is 30.5 Å². The van der Waals surface area contributed by atoms with E-state index >= 15 is 0 Å². The van der Waals surface area contributed by atoms with E-state index in [1.807, 2.05) is 39.1 Å². The summed E-state index contributed by atoms with van der Waals surface area (Å²) in [4.78, 5) is 18.8. The molecule has 0 aliphatic rings. The molecule has 92 valence electrons. The molecule has 3 heteroatoms. The van der Waals surface area contributed by atoms with E-state index in [1.54, 1.807) is 0 Å². The first-order chi connectivity index (χ1) is 8.24. The Bertz CT molecular complexity index is 543. The van der Waals surface area contributed by atoms with Crippen LogP contribution in [-0.2, 0) is 12.8 Å². The zero-order valence-electron chi connectivity index (χ0n) is 11.0. The molecule has 3 nitrogen and oxygen atoms in total. The number of nitrogens with zero attached hydrogens (tertiary/aromatic N) is 1. The Hall–Kier alpha value is -1.64. The number of pyridine rings is 2. The first-order valence-corrected chi connectivity index (χ1v) is 6.25. The Labute approximate surface area is 102 Å². The van der Waals surface area contributed by atoms with E-state index in [0.29, 0.717) is 0 Å². The molecule has 0 spiro atoms. The van der Waals surface area contributed by atoms with Gasteiger partial charge >= 0.3 is 0 Å². The number of rotatable bonds is 2. The van der Waals surface area contributed by atoms with Crippen LogP contribution in [0.15, 0.2) is 23.1 Å². The van der Waals surface area contributed by atoms with Gasteiger partial charge in [0.15, 0.2) is 0 Å². The summed E-state index contributed by atoms with van der Waals surface area (Å²) >= 11 is 0. The van der Waals surface area contributed by atoms with Crippen molar-refractivity contribution >= 4 is 11.0 Å². The van der Waals surface area contributed by atoms with Crippen molar-refractivity contribution in [3.05, 3.63) is 39.8 Å². The quantitative estimate of drug-likeness (QED) is 0.864. The highest BCUT2D eigenvalue weighted by atomic mass is 16.1. The van der Waals surface area contributed by atoms with Crippen LogP contribution < -0.4 is 5.56 Å². The summed E-state index contributed by atoms with van der Waals surface area (Å²) in [5.74, 6) is 0. The van der Waals surface area contributed by atoms with E-state index in [4.69, 9.17) is 0 Å². The maximum absolute atomic E-state index is 11.6. The van der Waals surface area contributed by atoms with Crippen LogP contribution in [0.5, 0.6) is 0 Å². The van der Waals surface area contributed by atoms with Crippen molar-refractivity contribution in [3.63, 3.8) is 0 Å². The molecule has 0 aliphatic heterocycles. The molecule has 0 radical (unpaired) electrons. The van der Waals surface area contributed by atoms with E-state index in [0.717, 1.165) is 35.0 Å². The summed E-state index contributed by atoms with van der Waals surface area (Å²) in [6.45, 7) is 8.04. The first kappa shape index (κ1) is 13.4. The fourth-order valence-corrected chi connectivity index (χ4v) is 1.62. The number of aryl methyl sites for hydroxylation is 2. The maximum Gasteiger partial charge on any atom is 0.251 e. The van der Waals surface area contributed by atoms with Crippen molar-refractivity contribution in [1.82, 2.24) is 9.97 Å². The van der Waals surface area contributed by atoms with Gasteiger partial charge in [0.1, 0.15) is 0 Å². The zero-order chi connectivity index (χ0) is 12.8. The van der Waals surface area contributed by atoms with Gasteiger partial charge in [-0.1, -0.05) is 27.7 Å². The van der Waals surface area contributed by atoms with E-state index in [2.05, 4.69) is 16.9 Å². The SMILES string of the molecule is CC.CCc1cnc2cc(CC)c(=O)[nH]c2c1. The Kier molecular flexibility index (Phi) is 4.88. The average molecular weight is 232 g/mol. The standard InChI is InChI=1S/C12H14N2O.C2H6/c1-3-8-5-11-10(13-7-8)6-9(4-2)12(15)14-11;1-2/h5-7H,3-4H2,1-2H3,(H,14,15);1-2H3. The van der Waals surface area contributed by atoms with Gasteiger partial charge in [-0.2, -0.15) is 0 Å². The van der Waals surface area contributed by atoms with Crippen molar-refractivity contribution in [2.75, 3.05) is 0 Å². The van der Waals surface area contributed by atoms with Gasteiger partial charge < -0.3 is 4.98 Å². The molecule has 2 rings (SSSR count). The summed E-state index contributed by atoms with van der Waals surface area (Å²) < 4.78 is 0. The van der Waals surface area contributed by atoms with Crippen LogP contribution in [0.1, 0.15) is 38.8 Å². The Morgan fingerprint density at radius 2 is 1.88 bits per heavy atom. The third-order valence-corrected chi connectivity index (χ3v) is 2.62. The largest absolute Gasteiger partial charge is 0.320 e. The van der Waals surface area contributed by atoms with Gasteiger partial charge in [0.2, 0.25) is 0 Å². The summed E-state index contributed by atoms with van der Waals surface area (Å²) in [6.07, 6.45) is 3.53. The molecule has 2 aromatic heterocycles. The second-order valence-electron chi connectivity index (χ2n) is 3.61. The van der Waals surface area contributed by atoms with Crippen molar-refractivity contribution in [3.8, 4) is 0 Å². The van der Waals surface area contributed by atoms with Crippen molar-refractivity contribution in [2.24, 2.45) is 0 Å². The lowest BCUT2D eigenvalue weighted by Gasteiger charge is -2.02. The lowest BCUT2D eigenvalue weighted by atomic mass is 10.1.